The second-order valence-corrected chi connectivity index (χ2v) is 5.54. The van der Waals surface area contributed by atoms with E-state index in [9.17, 15) is 27.2 Å². The summed E-state index contributed by atoms with van der Waals surface area (Å²) >= 11 is 0. The van der Waals surface area contributed by atoms with Gasteiger partial charge in [-0.15, -0.1) is 0 Å². The number of nitrogens with two attached hydrogens (primary N) is 1. The molecule has 2 amide bonds. The van der Waals surface area contributed by atoms with Gasteiger partial charge in [0.25, 0.3) is 5.91 Å². The molecule has 1 heterocycles. The van der Waals surface area contributed by atoms with Gasteiger partial charge in [0, 0.05) is 31.7 Å². The molecular formula is C15H16F4N2O3. The number of benzene rings is 1. The Morgan fingerprint density at radius 1 is 1.17 bits per heavy atom. The van der Waals surface area contributed by atoms with Crippen molar-refractivity contribution in [3.63, 3.8) is 0 Å². The molecule has 1 aliphatic heterocycles. The normalized spacial score (nSPS) is 16.7. The Labute approximate surface area is 135 Å². The van der Waals surface area contributed by atoms with Crippen LogP contribution in [0, 0.1) is 29.2 Å². The molecule has 0 radical (unpaired) electrons. The number of rotatable bonds is 5. The Hall–Kier alpha value is -2.16. The van der Waals surface area contributed by atoms with Crippen molar-refractivity contribution >= 4 is 11.8 Å². The van der Waals surface area contributed by atoms with Gasteiger partial charge < -0.3 is 15.8 Å². The average Bonchev–Trinajstić information content (AvgIpc) is 2.53. The van der Waals surface area contributed by atoms with E-state index in [1.807, 2.05) is 0 Å². The summed E-state index contributed by atoms with van der Waals surface area (Å²) in [6.07, 6.45) is 0.735. The van der Waals surface area contributed by atoms with Gasteiger partial charge in [-0.05, 0) is 18.8 Å². The Kier molecular flexibility index (Phi) is 5.76. The van der Waals surface area contributed by atoms with Crippen LogP contribution in [0.3, 0.4) is 0 Å². The van der Waals surface area contributed by atoms with E-state index < -0.39 is 46.7 Å². The highest BCUT2D eigenvalue weighted by Crippen LogP contribution is 2.23. The maximum absolute atomic E-state index is 13.7. The quantitative estimate of drug-likeness (QED) is 0.627. The Morgan fingerprint density at radius 3 is 2.21 bits per heavy atom. The Balaban J connectivity index is 2.26. The van der Waals surface area contributed by atoms with Crippen molar-refractivity contribution in [2.45, 2.75) is 25.3 Å². The number of hydrogen-bond donors (Lipinski definition) is 2. The van der Waals surface area contributed by atoms with Crippen molar-refractivity contribution in [2.24, 2.45) is 11.7 Å². The zero-order valence-electron chi connectivity index (χ0n) is 12.6. The van der Waals surface area contributed by atoms with E-state index in [1.54, 1.807) is 0 Å². The van der Waals surface area contributed by atoms with Crippen LogP contribution in [0.1, 0.15) is 29.6 Å². The lowest BCUT2D eigenvalue weighted by Gasteiger charge is -2.30. The van der Waals surface area contributed by atoms with Crippen LogP contribution < -0.4 is 11.1 Å². The summed E-state index contributed by atoms with van der Waals surface area (Å²) in [7, 11) is 0. The first-order valence-corrected chi connectivity index (χ1v) is 7.31. The molecule has 1 saturated heterocycles. The number of hydrogen-bond acceptors (Lipinski definition) is 3. The summed E-state index contributed by atoms with van der Waals surface area (Å²) in [6, 6.07) is -0.801. The van der Waals surface area contributed by atoms with Crippen molar-refractivity contribution in [3.8, 4) is 0 Å². The predicted octanol–water partition coefficient (Wildman–Crippen LogP) is 1.64. The molecule has 1 fully saturated rings. The van der Waals surface area contributed by atoms with Gasteiger partial charge in [0.15, 0.2) is 23.3 Å². The fourth-order valence-electron chi connectivity index (χ4n) is 2.68. The van der Waals surface area contributed by atoms with Gasteiger partial charge in [0.05, 0.1) is 0 Å². The van der Waals surface area contributed by atoms with Gasteiger partial charge in [-0.1, -0.05) is 0 Å². The van der Waals surface area contributed by atoms with Crippen LogP contribution in [0.2, 0.25) is 0 Å². The van der Waals surface area contributed by atoms with E-state index >= 15 is 0 Å². The van der Waals surface area contributed by atoms with Crippen LogP contribution in [-0.2, 0) is 9.53 Å². The maximum atomic E-state index is 13.7. The molecule has 3 N–H and O–H groups in total. The lowest BCUT2D eigenvalue weighted by Crippen LogP contribution is -2.45. The second kappa shape index (κ2) is 7.61. The molecule has 0 aliphatic carbocycles. The third-order valence-corrected chi connectivity index (χ3v) is 3.91. The summed E-state index contributed by atoms with van der Waals surface area (Å²) in [5, 5.41) is 2.26. The largest absolute Gasteiger partial charge is 0.381 e. The molecule has 0 aromatic heterocycles. The highest BCUT2D eigenvalue weighted by atomic mass is 19.2. The number of amides is 2. The minimum atomic E-state index is -1.80. The van der Waals surface area contributed by atoms with E-state index in [0.717, 1.165) is 0 Å². The van der Waals surface area contributed by atoms with Crippen molar-refractivity contribution in [1.29, 1.82) is 0 Å². The Bertz CT molecular complexity index is 622. The molecule has 132 valence electrons. The molecule has 5 nitrogen and oxygen atoms in total. The third-order valence-electron chi connectivity index (χ3n) is 3.91. The van der Waals surface area contributed by atoms with Crippen molar-refractivity contribution in [2.75, 3.05) is 13.2 Å². The topological polar surface area (TPSA) is 81.4 Å². The van der Waals surface area contributed by atoms with Crippen LogP contribution in [0.25, 0.3) is 0 Å². The summed E-state index contributed by atoms with van der Waals surface area (Å²) in [5.74, 6) is -9.24. The highest BCUT2D eigenvalue weighted by molar-refractivity contribution is 5.95. The van der Waals surface area contributed by atoms with Gasteiger partial charge in [0.1, 0.15) is 5.56 Å². The fraction of sp³-hybridized carbons (Fsp3) is 0.467. The van der Waals surface area contributed by atoms with Crippen LogP contribution in [0.15, 0.2) is 6.07 Å². The zero-order valence-corrected chi connectivity index (χ0v) is 12.6. The number of nitrogens with one attached hydrogen (secondary N) is 1. The van der Waals surface area contributed by atoms with Gasteiger partial charge in [-0.2, -0.15) is 0 Å². The summed E-state index contributed by atoms with van der Waals surface area (Å²) in [4.78, 5) is 23.3. The van der Waals surface area contributed by atoms with Crippen LogP contribution in [-0.4, -0.2) is 31.1 Å². The smallest absolute Gasteiger partial charge is 0.257 e. The van der Waals surface area contributed by atoms with Gasteiger partial charge >= 0.3 is 0 Å². The minimum Gasteiger partial charge on any atom is -0.381 e. The maximum Gasteiger partial charge on any atom is 0.257 e. The standard InChI is InChI=1S/C15H16F4N2O3/c16-8-5-9(17)14(19)12(13(8)18)15(23)21-10(6-11(20)22)7-1-3-24-4-2-7/h5,7,10H,1-4,6H2,(H2,20,22)(H,21,23)/t10-/m1/s1. The summed E-state index contributed by atoms with van der Waals surface area (Å²) < 4.78 is 59.0. The first kappa shape index (κ1) is 18.2. The first-order valence-electron chi connectivity index (χ1n) is 7.31. The lowest BCUT2D eigenvalue weighted by atomic mass is 9.89. The monoisotopic (exact) mass is 348 g/mol. The molecule has 0 saturated carbocycles. The zero-order chi connectivity index (χ0) is 17.9. The number of halogens is 4. The first-order chi connectivity index (χ1) is 11.3. The van der Waals surface area contributed by atoms with Crippen LogP contribution in [0.5, 0.6) is 0 Å². The van der Waals surface area contributed by atoms with Crippen molar-refractivity contribution in [3.05, 3.63) is 34.9 Å². The van der Waals surface area contributed by atoms with Crippen LogP contribution >= 0.6 is 0 Å². The molecular weight excluding hydrogens is 332 g/mol. The number of carbonyl (C=O) groups excluding carboxylic acids is 2. The summed E-state index contributed by atoms with van der Waals surface area (Å²) in [6.45, 7) is 0.792. The van der Waals surface area contributed by atoms with Crippen molar-refractivity contribution < 1.29 is 31.9 Å². The minimum absolute atomic E-state index is 0.0147. The van der Waals surface area contributed by atoms with E-state index in [-0.39, 0.29) is 18.4 Å². The molecule has 2 rings (SSSR count). The van der Waals surface area contributed by atoms with Gasteiger partial charge in [-0.25, -0.2) is 17.6 Å². The molecule has 1 atom stereocenters. The number of carbonyl (C=O) groups is 2. The third kappa shape index (κ3) is 4.02. The van der Waals surface area contributed by atoms with Crippen LogP contribution in [0.4, 0.5) is 17.6 Å². The lowest BCUT2D eigenvalue weighted by molar-refractivity contribution is -0.118. The molecule has 1 aromatic rings. The van der Waals surface area contributed by atoms with Gasteiger partial charge in [-0.3, -0.25) is 9.59 Å². The number of ether oxygens (including phenoxy) is 1. The highest BCUT2D eigenvalue weighted by Gasteiger charge is 2.31. The van der Waals surface area contributed by atoms with E-state index in [4.69, 9.17) is 10.5 Å². The van der Waals surface area contributed by atoms with Crippen molar-refractivity contribution in [1.82, 2.24) is 5.32 Å². The summed E-state index contributed by atoms with van der Waals surface area (Å²) in [5.41, 5.74) is 3.77. The molecule has 24 heavy (non-hydrogen) atoms. The molecule has 0 bridgehead atoms. The second-order valence-electron chi connectivity index (χ2n) is 5.54. The molecule has 1 aliphatic rings. The molecule has 1 aromatic carbocycles. The average molecular weight is 348 g/mol. The van der Waals surface area contributed by atoms with E-state index in [1.165, 1.54) is 0 Å². The Morgan fingerprint density at radius 2 is 1.71 bits per heavy atom. The molecule has 0 unspecified atom stereocenters. The van der Waals surface area contributed by atoms with E-state index in [2.05, 4.69) is 5.32 Å². The SMILES string of the molecule is NC(=O)C[C@@H](NC(=O)c1c(F)c(F)cc(F)c1F)C1CCOCC1. The predicted molar refractivity (Wildman–Crippen MR) is 74.9 cm³/mol. The molecule has 0 spiro atoms. The molecule has 9 heteroatoms. The van der Waals surface area contributed by atoms with Gasteiger partial charge in [0.2, 0.25) is 5.91 Å². The fourth-order valence-corrected chi connectivity index (χ4v) is 2.68. The number of primary amides is 1. The van der Waals surface area contributed by atoms with E-state index in [0.29, 0.717) is 26.1 Å².